The summed E-state index contributed by atoms with van der Waals surface area (Å²) in [6, 6.07) is 14.4. The number of carbonyl (C=O) groups excluding carboxylic acids is 1. The van der Waals surface area contributed by atoms with Gasteiger partial charge in [-0.15, -0.1) is 0 Å². The van der Waals surface area contributed by atoms with E-state index in [-0.39, 0.29) is 12.6 Å². The first-order valence-corrected chi connectivity index (χ1v) is 14.5. The lowest BCUT2D eigenvalue weighted by molar-refractivity contribution is -0.162. The van der Waals surface area contributed by atoms with E-state index < -0.39 is 17.1 Å². The zero-order valence-corrected chi connectivity index (χ0v) is 25.3. The number of likely N-dealkylation sites (tertiary alicyclic amines) is 1. The van der Waals surface area contributed by atoms with Gasteiger partial charge in [0.25, 0.3) is 0 Å². The van der Waals surface area contributed by atoms with Gasteiger partial charge in [-0.25, -0.2) is 0 Å². The Morgan fingerprint density at radius 1 is 1.00 bits per heavy atom. The van der Waals surface area contributed by atoms with E-state index in [1.165, 1.54) is 19.3 Å². The molecule has 39 heavy (non-hydrogen) atoms. The van der Waals surface area contributed by atoms with E-state index in [0.29, 0.717) is 5.02 Å². The molecule has 0 amide bonds. The molecule has 0 radical (unpaired) electrons. The highest BCUT2D eigenvalue weighted by Crippen LogP contribution is 2.40. The molecule has 0 saturated carbocycles. The molecule has 6 heteroatoms. The minimum atomic E-state index is -0.599. The summed E-state index contributed by atoms with van der Waals surface area (Å²) >= 11 is 6.28. The highest BCUT2D eigenvalue weighted by molar-refractivity contribution is 6.30. The van der Waals surface area contributed by atoms with Crippen molar-refractivity contribution in [3.63, 3.8) is 0 Å². The lowest BCUT2D eigenvalue weighted by Gasteiger charge is -2.31. The molecule has 1 unspecified atom stereocenters. The van der Waals surface area contributed by atoms with Crippen LogP contribution in [0.2, 0.25) is 5.02 Å². The number of hydrogen-bond acceptors (Lipinski definition) is 5. The number of ether oxygens (including phenoxy) is 2. The first kappa shape index (κ1) is 29.5. The van der Waals surface area contributed by atoms with Gasteiger partial charge in [-0.2, -0.15) is 0 Å². The second kappa shape index (κ2) is 12.0. The number of rotatable bonds is 7. The summed E-state index contributed by atoms with van der Waals surface area (Å²) in [5.74, 6) is -0.250. The average Bonchev–Trinajstić information content (AvgIpc) is 2.85. The third-order valence-corrected chi connectivity index (χ3v) is 7.31. The number of pyridine rings is 1. The van der Waals surface area contributed by atoms with Crippen LogP contribution in [0.15, 0.2) is 42.5 Å². The smallest absolute Gasteiger partial charge is 0.311 e. The van der Waals surface area contributed by atoms with Gasteiger partial charge in [0.2, 0.25) is 0 Å². The molecule has 1 aliphatic heterocycles. The maximum Gasteiger partial charge on any atom is 0.311 e. The first-order chi connectivity index (χ1) is 18.3. The number of fused-ring (bicyclic) bond motifs is 1. The maximum atomic E-state index is 12.8. The van der Waals surface area contributed by atoms with Gasteiger partial charge in [-0.05, 0) is 121 Å². The first-order valence-electron chi connectivity index (χ1n) is 14.1. The number of esters is 1. The second-order valence-corrected chi connectivity index (χ2v) is 13.2. The Morgan fingerprint density at radius 3 is 2.28 bits per heavy atom. The minimum Gasteiger partial charge on any atom is -0.462 e. The molecule has 2 aromatic carbocycles. The molecule has 0 aliphatic carbocycles. The van der Waals surface area contributed by atoms with Crippen molar-refractivity contribution in [3.8, 4) is 11.1 Å². The van der Waals surface area contributed by atoms with Crippen LogP contribution in [0.25, 0.3) is 22.0 Å². The molecule has 0 N–H and O–H groups in total. The highest BCUT2D eigenvalue weighted by Gasteiger charge is 2.30. The second-order valence-electron chi connectivity index (χ2n) is 12.8. The largest absolute Gasteiger partial charge is 0.462 e. The van der Waals surface area contributed by atoms with Gasteiger partial charge in [0.05, 0.1) is 22.2 Å². The quantitative estimate of drug-likeness (QED) is 0.277. The molecule has 1 aliphatic rings. The lowest BCUT2D eigenvalue weighted by atomic mass is 9.88. The summed E-state index contributed by atoms with van der Waals surface area (Å²) in [6.45, 7) is 17.0. The number of halogens is 1. The SMILES string of the molecule is Cc1cc2nc(CN3CCCCC3)ccc2c(-c2ccc(Cl)cc2)c1C(COC(=O)C(C)(C)C)OC(C)(C)C. The van der Waals surface area contributed by atoms with E-state index in [0.717, 1.165) is 58.5 Å². The van der Waals surface area contributed by atoms with Crippen LogP contribution in [0.3, 0.4) is 0 Å². The predicted molar refractivity (Wildman–Crippen MR) is 160 cm³/mol. The molecule has 5 nitrogen and oxygen atoms in total. The standard InChI is InChI=1S/C33H43ClN2O3/c1-22-19-27-26(16-15-25(35-27)20-36-17-9-8-10-18-36)30(23-11-13-24(34)14-12-23)29(22)28(39-33(5,6)7)21-38-31(37)32(2,3)4/h11-16,19,28H,8-10,17-18,20-21H2,1-7H3. The Morgan fingerprint density at radius 2 is 1.67 bits per heavy atom. The summed E-state index contributed by atoms with van der Waals surface area (Å²) < 4.78 is 12.4. The summed E-state index contributed by atoms with van der Waals surface area (Å²) in [6.07, 6.45) is 3.37. The topological polar surface area (TPSA) is 51.7 Å². The van der Waals surface area contributed by atoms with E-state index in [1.54, 1.807) is 0 Å². The molecule has 1 atom stereocenters. The van der Waals surface area contributed by atoms with Crippen LogP contribution in [0.4, 0.5) is 0 Å². The average molecular weight is 551 g/mol. The molecule has 3 aromatic rings. The van der Waals surface area contributed by atoms with E-state index in [1.807, 2.05) is 65.8 Å². The normalized spacial score (nSPS) is 15.9. The van der Waals surface area contributed by atoms with Gasteiger partial charge in [0.1, 0.15) is 12.7 Å². The Bertz CT molecular complexity index is 1300. The minimum absolute atomic E-state index is 0.126. The molecule has 2 heterocycles. The van der Waals surface area contributed by atoms with Crippen LogP contribution in [-0.4, -0.2) is 41.2 Å². The molecule has 0 bridgehead atoms. The fourth-order valence-electron chi connectivity index (χ4n) is 5.21. The molecule has 1 aromatic heterocycles. The van der Waals surface area contributed by atoms with Crippen molar-refractivity contribution in [2.24, 2.45) is 5.41 Å². The van der Waals surface area contributed by atoms with Crippen LogP contribution < -0.4 is 0 Å². The number of hydrogen-bond donors (Lipinski definition) is 0. The molecular formula is C33H43ClN2O3. The van der Waals surface area contributed by atoms with Crippen LogP contribution >= 0.6 is 11.6 Å². The van der Waals surface area contributed by atoms with E-state index in [9.17, 15) is 4.79 Å². The fourth-order valence-corrected chi connectivity index (χ4v) is 5.34. The number of nitrogens with zero attached hydrogens (tertiary/aromatic N) is 2. The van der Waals surface area contributed by atoms with Crippen molar-refractivity contribution < 1.29 is 14.3 Å². The van der Waals surface area contributed by atoms with Crippen molar-refractivity contribution in [1.29, 1.82) is 0 Å². The van der Waals surface area contributed by atoms with E-state index in [4.69, 9.17) is 26.1 Å². The zero-order valence-electron chi connectivity index (χ0n) is 24.6. The van der Waals surface area contributed by atoms with Crippen molar-refractivity contribution in [2.45, 2.75) is 86.0 Å². The summed E-state index contributed by atoms with van der Waals surface area (Å²) in [7, 11) is 0. The van der Waals surface area contributed by atoms with Gasteiger partial charge >= 0.3 is 5.97 Å². The number of aromatic nitrogens is 1. The Balaban J connectivity index is 1.84. The lowest BCUT2D eigenvalue weighted by Crippen LogP contribution is -2.30. The molecule has 1 fully saturated rings. The fraction of sp³-hybridized carbons (Fsp3) is 0.515. The highest BCUT2D eigenvalue weighted by atomic mass is 35.5. The van der Waals surface area contributed by atoms with Crippen molar-refractivity contribution in [1.82, 2.24) is 9.88 Å². The number of benzene rings is 2. The third kappa shape index (κ3) is 7.59. The zero-order chi connectivity index (χ0) is 28.4. The van der Waals surface area contributed by atoms with Crippen LogP contribution in [-0.2, 0) is 20.8 Å². The van der Waals surface area contributed by atoms with Gasteiger partial charge in [0.15, 0.2) is 0 Å². The Labute approximate surface area is 238 Å². The van der Waals surface area contributed by atoms with E-state index in [2.05, 4.69) is 30.0 Å². The van der Waals surface area contributed by atoms with Crippen molar-refractivity contribution >= 4 is 28.5 Å². The Kier molecular flexibility index (Phi) is 9.05. The number of aryl methyl sites for hydroxylation is 1. The molecule has 0 spiro atoms. The molecular weight excluding hydrogens is 508 g/mol. The van der Waals surface area contributed by atoms with Crippen molar-refractivity contribution in [2.75, 3.05) is 19.7 Å². The van der Waals surface area contributed by atoms with Gasteiger partial charge in [-0.3, -0.25) is 14.7 Å². The Hall–Kier alpha value is -2.47. The molecule has 1 saturated heterocycles. The van der Waals surface area contributed by atoms with Gasteiger partial charge < -0.3 is 9.47 Å². The van der Waals surface area contributed by atoms with Crippen molar-refractivity contribution in [3.05, 3.63) is 64.3 Å². The number of carbonyl (C=O) groups is 1. The molecule has 210 valence electrons. The summed E-state index contributed by atoms with van der Waals surface area (Å²) in [4.78, 5) is 20.4. The monoisotopic (exact) mass is 550 g/mol. The maximum absolute atomic E-state index is 12.8. The van der Waals surface area contributed by atoms with E-state index >= 15 is 0 Å². The predicted octanol–water partition coefficient (Wildman–Crippen LogP) is 8.30. The molecule has 4 rings (SSSR count). The van der Waals surface area contributed by atoms with Crippen LogP contribution in [0.1, 0.15) is 83.7 Å². The summed E-state index contributed by atoms with van der Waals surface area (Å²) in [5, 5.41) is 1.73. The van der Waals surface area contributed by atoms with Crippen LogP contribution in [0, 0.1) is 12.3 Å². The van der Waals surface area contributed by atoms with Crippen LogP contribution in [0.5, 0.6) is 0 Å². The summed E-state index contributed by atoms with van der Waals surface area (Å²) in [5.41, 5.74) is 5.12. The van der Waals surface area contributed by atoms with Gasteiger partial charge in [-0.1, -0.05) is 36.2 Å². The third-order valence-electron chi connectivity index (χ3n) is 7.06. The number of piperidine rings is 1. The van der Waals surface area contributed by atoms with Gasteiger partial charge in [0, 0.05) is 17.0 Å².